The third-order valence-corrected chi connectivity index (χ3v) is 3.87. The molecule has 1 aromatic carbocycles. The van der Waals surface area contributed by atoms with Crippen LogP contribution in [0.1, 0.15) is 31.1 Å². The van der Waals surface area contributed by atoms with E-state index in [1.807, 2.05) is 32.9 Å². The Morgan fingerprint density at radius 1 is 1.35 bits per heavy atom. The van der Waals surface area contributed by atoms with Crippen molar-refractivity contribution < 1.29 is 4.39 Å². The van der Waals surface area contributed by atoms with E-state index in [0.29, 0.717) is 10.1 Å². The number of rotatable bonds is 5. The molecule has 0 saturated heterocycles. The molecule has 20 heavy (non-hydrogen) atoms. The number of hydrogen-bond donors (Lipinski definition) is 1. The van der Waals surface area contributed by atoms with Crippen LogP contribution in [0.2, 0.25) is 0 Å². The molecule has 2 aromatic rings. The number of benzene rings is 1. The van der Waals surface area contributed by atoms with Gasteiger partial charge in [-0.25, -0.2) is 14.4 Å². The van der Waals surface area contributed by atoms with Gasteiger partial charge in [-0.1, -0.05) is 13.0 Å². The molecule has 0 saturated carbocycles. The molecule has 2 rings (SSSR count). The first kappa shape index (κ1) is 14.9. The lowest BCUT2D eigenvalue weighted by Crippen LogP contribution is -2.17. The van der Waals surface area contributed by atoms with Crippen molar-refractivity contribution in [1.82, 2.24) is 15.3 Å². The highest BCUT2D eigenvalue weighted by Crippen LogP contribution is 2.28. The van der Waals surface area contributed by atoms with E-state index in [1.165, 1.54) is 11.8 Å². The molecule has 106 valence electrons. The fourth-order valence-corrected chi connectivity index (χ4v) is 2.66. The summed E-state index contributed by atoms with van der Waals surface area (Å²) in [5.41, 5.74) is 1.82. The van der Waals surface area contributed by atoms with Gasteiger partial charge < -0.3 is 5.32 Å². The number of nitrogens with one attached hydrogen (secondary N) is 1. The SMILES string of the molecule is CCNC(C)c1ccc(Sc2nccc(C)n2)c(F)c1. The van der Waals surface area contributed by atoms with Crippen molar-refractivity contribution in [2.75, 3.05) is 6.54 Å². The molecule has 0 radical (unpaired) electrons. The predicted molar refractivity (Wildman–Crippen MR) is 79.4 cm³/mol. The van der Waals surface area contributed by atoms with E-state index in [-0.39, 0.29) is 11.9 Å². The lowest BCUT2D eigenvalue weighted by atomic mass is 10.1. The van der Waals surface area contributed by atoms with E-state index in [2.05, 4.69) is 15.3 Å². The number of hydrogen-bond acceptors (Lipinski definition) is 4. The van der Waals surface area contributed by atoms with Crippen LogP contribution < -0.4 is 5.32 Å². The van der Waals surface area contributed by atoms with Gasteiger partial charge in [0, 0.05) is 17.9 Å². The molecular formula is C15H18FN3S. The minimum absolute atomic E-state index is 0.142. The average molecular weight is 291 g/mol. The highest BCUT2D eigenvalue weighted by Gasteiger charge is 2.10. The highest BCUT2D eigenvalue weighted by atomic mass is 32.2. The summed E-state index contributed by atoms with van der Waals surface area (Å²) in [7, 11) is 0. The highest BCUT2D eigenvalue weighted by molar-refractivity contribution is 7.99. The van der Waals surface area contributed by atoms with E-state index in [0.717, 1.165) is 17.8 Å². The molecule has 1 N–H and O–H groups in total. The van der Waals surface area contributed by atoms with Gasteiger partial charge in [-0.3, -0.25) is 0 Å². The summed E-state index contributed by atoms with van der Waals surface area (Å²) in [4.78, 5) is 8.95. The Kier molecular flexibility index (Phi) is 5.09. The Hall–Kier alpha value is -1.46. The maximum absolute atomic E-state index is 14.1. The molecule has 3 nitrogen and oxygen atoms in total. The Labute approximate surface area is 123 Å². The van der Waals surface area contributed by atoms with Crippen molar-refractivity contribution >= 4 is 11.8 Å². The van der Waals surface area contributed by atoms with Crippen LogP contribution in [-0.2, 0) is 0 Å². The fourth-order valence-electron chi connectivity index (χ4n) is 1.87. The van der Waals surface area contributed by atoms with Gasteiger partial charge in [-0.15, -0.1) is 0 Å². The number of nitrogens with zero attached hydrogens (tertiary/aromatic N) is 2. The van der Waals surface area contributed by atoms with Crippen LogP contribution in [-0.4, -0.2) is 16.5 Å². The van der Waals surface area contributed by atoms with E-state index in [9.17, 15) is 4.39 Å². The Balaban J connectivity index is 2.17. The maximum atomic E-state index is 14.1. The first-order valence-electron chi connectivity index (χ1n) is 6.60. The summed E-state index contributed by atoms with van der Waals surface area (Å²) in [6, 6.07) is 7.26. The summed E-state index contributed by atoms with van der Waals surface area (Å²) in [5.74, 6) is -0.234. The van der Waals surface area contributed by atoms with Crippen molar-refractivity contribution in [1.29, 1.82) is 0 Å². The molecule has 5 heteroatoms. The predicted octanol–water partition coefficient (Wildman–Crippen LogP) is 3.75. The minimum atomic E-state index is -0.234. The van der Waals surface area contributed by atoms with Crippen molar-refractivity contribution in [2.45, 2.75) is 36.9 Å². The fraction of sp³-hybridized carbons (Fsp3) is 0.333. The number of aromatic nitrogens is 2. The zero-order valence-electron chi connectivity index (χ0n) is 11.9. The first-order valence-corrected chi connectivity index (χ1v) is 7.42. The topological polar surface area (TPSA) is 37.8 Å². The molecule has 1 heterocycles. The smallest absolute Gasteiger partial charge is 0.192 e. The lowest BCUT2D eigenvalue weighted by molar-refractivity contribution is 0.572. The number of halogens is 1. The molecular weight excluding hydrogens is 273 g/mol. The van der Waals surface area contributed by atoms with Crippen LogP contribution in [0.15, 0.2) is 40.5 Å². The summed E-state index contributed by atoms with van der Waals surface area (Å²) in [6.45, 7) is 6.81. The van der Waals surface area contributed by atoms with Crippen LogP contribution in [0.5, 0.6) is 0 Å². The molecule has 1 unspecified atom stereocenters. The van der Waals surface area contributed by atoms with Gasteiger partial charge in [0.25, 0.3) is 0 Å². The third-order valence-electron chi connectivity index (χ3n) is 2.94. The van der Waals surface area contributed by atoms with Gasteiger partial charge in [0.2, 0.25) is 0 Å². The Morgan fingerprint density at radius 2 is 2.15 bits per heavy atom. The first-order chi connectivity index (χ1) is 9.60. The van der Waals surface area contributed by atoms with Crippen LogP contribution in [0.3, 0.4) is 0 Å². The van der Waals surface area contributed by atoms with Gasteiger partial charge >= 0.3 is 0 Å². The van der Waals surface area contributed by atoms with Gasteiger partial charge in [0.15, 0.2) is 5.16 Å². The number of aryl methyl sites for hydroxylation is 1. The lowest BCUT2D eigenvalue weighted by Gasteiger charge is -2.13. The van der Waals surface area contributed by atoms with Crippen LogP contribution in [0, 0.1) is 12.7 Å². The summed E-state index contributed by atoms with van der Waals surface area (Å²) in [6.07, 6.45) is 1.68. The summed E-state index contributed by atoms with van der Waals surface area (Å²) < 4.78 is 14.1. The van der Waals surface area contributed by atoms with Crippen molar-refractivity contribution in [3.63, 3.8) is 0 Å². The second-order valence-electron chi connectivity index (χ2n) is 4.55. The van der Waals surface area contributed by atoms with E-state index < -0.39 is 0 Å². The summed E-state index contributed by atoms with van der Waals surface area (Å²) >= 11 is 1.24. The molecule has 0 aliphatic rings. The minimum Gasteiger partial charge on any atom is -0.310 e. The van der Waals surface area contributed by atoms with E-state index in [4.69, 9.17) is 0 Å². The van der Waals surface area contributed by atoms with Crippen molar-refractivity contribution in [2.24, 2.45) is 0 Å². The third kappa shape index (κ3) is 3.77. The second-order valence-corrected chi connectivity index (χ2v) is 5.56. The second kappa shape index (κ2) is 6.81. The quantitative estimate of drug-likeness (QED) is 0.852. The van der Waals surface area contributed by atoms with Gasteiger partial charge in [0.05, 0.1) is 4.90 Å². The maximum Gasteiger partial charge on any atom is 0.192 e. The zero-order valence-corrected chi connectivity index (χ0v) is 12.7. The monoisotopic (exact) mass is 291 g/mol. The molecule has 0 amide bonds. The molecule has 1 atom stereocenters. The molecule has 0 fully saturated rings. The molecule has 0 aliphatic carbocycles. The molecule has 1 aromatic heterocycles. The van der Waals surface area contributed by atoms with Gasteiger partial charge in [-0.05, 0) is 55.9 Å². The average Bonchev–Trinajstić information content (AvgIpc) is 2.41. The molecule has 0 bridgehead atoms. The zero-order chi connectivity index (χ0) is 14.5. The summed E-state index contributed by atoms with van der Waals surface area (Å²) in [5, 5.41) is 3.83. The van der Waals surface area contributed by atoms with E-state index >= 15 is 0 Å². The van der Waals surface area contributed by atoms with E-state index in [1.54, 1.807) is 18.3 Å². The van der Waals surface area contributed by atoms with Crippen molar-refractivity contribution in [3.05, 3.63) is 47.5 Å². The Bertz CT molecular complexity index is 589. The van der Waals surface area contributed by atoms with Gasteiger partial charge in [-0.2, -0.15) is 0 Å². The standard InChI is InChI=1S/C15H18FN3S/c1-4-17-11(3)12-5-6-14(13(16)9-12)20-15-18-8-7-10(2)19-15/h5-9,11,17H,4H2,1-3H3. The van der Waals surface area contributed by atoms with Crippen molar-refractivity contribution in [3.8, 4) is 0 Å². The normalized spacial score (nSPS) is 12.4. The molecule has 0 spiro atoms. The van der Waals surface area contributed by atoms with Gasteiger partial charge in [0.1, 0.15) is 5.82 Å². The van der Waals surface area contributed by atoms with Crippen LogP contribution in [0.25, 0.3) is 0 Å². The largest absolute Gasteiger partial charge is 0.310 e. The van der Waals surface area contributed by atoms with Crippen LogP contribution >= 0.6 is 11.8 Å². The van der Waals surface area contributed by atoms with Crippen LogP contribution in [0.4, 0.5) is 4.39 Å². The molecule has 0 aliphatic heterocycles. The Morgan fingerprint density at radius 3 is 2.80 bits per heavy atom.